The van der Waals surface area contributed by atoms with Crippen molar-refractivity contribution < 1.29 is 24.2 Å². The molecule has 0 saturated carbocycles. The number of hydrogen-bond acceptors (Lipinski definition) is 5. The molecule has 0 bridgehead atoms. The summed E-state index contributed by atoms with van der Waals surface area (Å²) in [5.41, 5.74) is 0. The first kappa shape index (κ1) is 43.9. The van der Waals surface area contributed by atoms with Gasteiger partial charge in [0.15, 0.2) is 6.10 Å². The molecule has 0 aromatic rings. The SMILES string of the molecule is CC(C)CCCCCCCCCCCCCCCOC(=O)C[C@@H](O)C(=O)OCCCCCCCCCCCCCCCC(C)C. The Morgan fingerprint density at radius 3 is 1.00 bits per heavy atom. The van der Waals surface area contributed by atoms with E-state index in [0.29, 0.717) is 13.2 Å². The van der Waals surface area contributed by atoms with E-state index in [2.05, 4.69) is 27.7 Å². The van der Waals surface area contributed by atoms with Gasteiger partial charge < -0.3 is 14.6 Å². The number of ether oxygens (including phenoxy) is 2. The molecule has 1 N–H and O–H groups in total. The first-order valence-electron chi connectivity index (χ1n) is 19.8. The summed E-state index contributed by atoms with van der Waals surface area (Å²) in [6.45, 7) is 9.91. The summed E-state index contributed by atoms with van der Waals surface area (Å²) in [5, 5.41) is 9.99. The van der Waals surface area contributed by atoms with E-state index in [1.165, 1.54) is 148 Å². The van der Waals surface area contributed by atoms with E-state index in [1.54, 1.807) is 0 Å². The average molecular weight is 639 g/mol. The molecule has 0 aromatic heterocycles. The van der Waals surface area contributed by atoms with Gasteiger partial charge in [-0.3, -0.25) is 4.79 Å². The molecule has 0 aliphatic rings. The number of aliphatic hydroxyl groups is 1. The molecule has 0 aromatic carbocycles. The lowest BCUT2D eigenvalue weighted by atomic mass is 10.0. The van der Waals surface area contributed by atoms with Gasteiger partial charge in [-0.25, -0.2) is 4.79 Å². The van der Waals surface area contributed by atoms with Crippen LogP contribution in [-0.4, -0.2) is 36.4 Å². The fourth-order valence-corrected chi connectivity index (χ4v) is 5.95. The zero-order valence-electron chi connectivity index (χ0n) is 30.7. The minimum atomic E-state index is -1.43. The molecule has 0 heterocycles. The lowest BCUT2D eigenvalue weighted by Gasteiger charge is -2.11. The maximum Gasteiger partial charge on any atom is 0.335 e. The molecule has 0 radical (unpaired) electrons. The van der Waals surface area contributed by atoms with E-state index < -0.39 is 18.0 Å². The van der Waals surface area contributed by atoms with Crippen molar-refractivity contribution in [2.24, 2.45) is 11.8 Å². The van der Waals surface area contributed by atoms with Gasteiger partial charge in [0.1, 0.15) is 0 Å². The minimum Gasteiger partial charge on any atom is -0.466 e. The monoisotopic (exact) mass is 639 g/mol. The summed E-state index contributed by atoms with van der Waals surface area (Å²) in [6.07, 6.45) is 34.2. The van der Waals surface area contributed by atoms with E-state index in [4.69, 9.17) is 9.47 Å². The Kier molecular flexibility index (Phi) is 33.4. The van der Waals surface area contributed by atoms with Crippen molar-refractivity contribution in [3.05, 3.63) is 0 Å². The number of hydrogen-bond donors (Lipinski definition) is 1. The van der Waals surface area contributed by atoms with Crippen molar-refractivity contribution in [1.82, 2.24) is 0 Å². The summed E-state index contributed by atoms with van der Waals surface area (Å²) >= 11 is 0. The molecule has 5 nitrogen and oxygen atoms in total. The highest BCUT2D eigenvalue weighted by Gasteiger charge is 2.21. The number of carbonyl (C=O) groups excluding carboxylic acids is 2. The molecule has 0 saturated heterocycles. The normalized spacial score (nSPS) is 12.2. The Hall–Kier alpha value is -1.10. The summed E-state index contributed by atoms with van der Waals surface area (Å²) in [6, 6.07) is 0. The third kappa shape index (κ3) is 35.6. The summed E-state index contributed by atoms with van der Waals surface area (Å²) in [5.74, 6) is 0.451. The van der Waals surface area contributed by atoms with Crippen molar-refractivity contribution in [3.63, 3.8) is 0 Å². The Morgan fingerprint density at radius 1 is 0.422 bits per heavy atom. The van der Waals surface area contributed by atoms with E-state index in [-0.39, 0.29) is 6.42 Å². The number of rotatable bonds is 35. The second-order valence-corrected chi connectivity index (χ2v) is 14.7. The van der Waals surface area contributed by atoms with Gasteiger partial charge in [-0.2, -0.15) is 0 Å². The van der Waals surface area contributed by atoms with E-state index in [1.807, 2.05) is 0 Å². The van der Waals surface area contributed by atoms with Crippen LogP contribution in [0.3, 0.4) is 0 Å². The van der Waals surface area contributed by atoms with E-state index in [0.717, 1.165) is 43.9 Å². The smallest absolute Gasteiger partial charge is 0.335 e. The molecule has 45 heavy (non-hydrogen) atoms. The van der Waals surface area contributed by atoms with Crippen LogP contribution >= 0.6 is 0 Å². The minimum absolute atomic E-state index is 0.306. The molecule has 0 rings (SSSR count). The fraction of sp³-hybridized carbons (Fsp3) is 0.950. The predicted octanol–water partition coefficient (Wildman–Crippen LogP) is 12.1. The molecule has 0 aliphatic carbocycles. The standard InChI is InChI=1S/C40H78O5/c1-36(2)31-27-23-19-15-11-7-5-9-13-17-21-25-29-33-44-39(42)35-38(41)40(43)45-34-30-26-22-18-14-10-6-8-12-16-20-24-28-32-37(3)4/h36-38,41H,5-35H2,1-4H3/t38-/m1/s1. The fourth-order valence-electron chi connectivity index (χ4n) is 5.95. The van der Waals surface area contributed by atoms with Gasteiger partial charge in [0, 0.05) is 0 Å². The van der Waals surface area contributed by atoms with Crippen molar-refractivity contribution in [2.45, 2.75) is 220 Å². The van der Waals surface area contributed by atoms with Gasteiger partial charge in [-0.15, -0.1) is 0 Å². The molecule has 0 fully saturated rings. The Balaban J connectivity index is 3.39. The number of carbonyl (C=O) groups is 2. The topological polar surface area (TPSA) is 72.8 Å². The Labute approximate surface area is 280 Å². The molecule has 0 aliphatic heterocycles. The van der Waals surface area contributed by atoms with Gasteiger partial charge in [0.25, 0.3) is 0 Å². The zero-order chi connectivity index (χ0) is 33.2. The van der Waals surface area contributed by atoms with Crippen molar-refractivity contribution in [1.29, 1.82) is 0 Å². The van der Waals surface area contributed by atoms with Crippen LogP contribution in [0.15, 0.2) is 0 Å². The third-order valence-electron chi connectivity index (χ3n) is 8.99. The van der Waals surface area contributed by atoms with Crippen molar-refractivity contribution in [3.8, 4) is 0 Å². The van der Waals surface area contributed by atoms with Crippen LogP contribution in [0.2, 0.25) is 0 Å². The molecule has 5 heteroatoms. The van der Waals surface area contributed by atoms with Crippen LogP contribution in [0.25, 0.3) is 0 Å². The maximum atomic E-state index is 12.0. The Morgan fingerprint density at radius 2 is 0.689 bits per heavy atom. The molecule has 0 amide bonds. The van der Waals surface area contributed by atoms with E-state index >= 15 is 0 Å². The average Bonchev–Trinajstić information content (AvgIpc) is 3.00. The maximum absolute atomic E-state index is 12.0. The molecule has 0 spiro atoms. The van der Waals surface area contributed by atoms with Crippen LogP contribution < -0.4 is 0 Å². The quantitative estimate of drug-likeness (QED) is 0.0552. The second kappa shape index (κ2) is 34.2. The highest BCUT2D eigenvalue weighted by molar-refractivity contribution is 5.81. The Bertz CT molecular complexity index is 632. The first-order chi connectivity index (χ1) is 21.8. The van der Waals surface area contributed by atoms with Crippen molar-refractivity contribution >= 4 is 11.9 Å². The van der Waals surface area contributed by atoms with Crippen LogP contribution in [0.1, 0.15) is 214 Å². The molecule has 268 valence electrons. The predicted molar refractivity (Wildman–Crippen MR) is 191 cm³/mol. The van der Waals surface area contributed by atoms with Crippen LogP contribution in [0.4, 0.5) is 0 Å². The molecular formula is C40H78O5. The lowest BCUT2D eigenvalue weighted by Crippen LogP contribution is -2.27. The summed E-state index contributed by atoms with van der Waals surface area (Å²) in [4.78, 5) is 24.0. The van der Waals surface area contributed by atoms with Crippen LogP contribution in [0.5, 0.6) is 0 Å². The van der Waals surface area contributed by atoms with Gasteiger partial charge >= 0.3 is 11.9 Å². The number of unbranched alkanes of at least 4 members (excludes halogenated alkanes) is 24. The summed E-state index contributed by atoms with van der Waals surface area (Å²) < 4.78 is 10.4. The highest BCUT2D eigenvalue weighted by atomic mass is 16.6. The van der Waals surface area contributed by atoms with Gasteiger partial charge in [-0.05, 0) is 24.7 Å². The first-order valence-corrected chi connectivity index (χ1v) is 19.8. The number of esters is 2. The lowest BCUT2D eigenvalue weighted by molar-refractivity contribution is -0.160. The van der Waals surface area contributed by atoms with Crippen LogP contribution in [-0.2, 0) is 19.1 Å². The highest BCUT2D eigenvalue weighted by Crippen LogP contribution is 2.16. The zero-order valence-corrected chi connectivity index (χ0v) is 30.7. The second-order valence-electron chi connectivity index (χ2n) is 14.7. The summed E-state index contributed by atoms with van der Waals surface area (Å²) in [7, 11) is 0. The molecule has 1 atom stereocenters. The van der Waals surface area contributed by atoms with Gasteiger partial charge in [0.2, 0.25) is 0 Å². The van der Waals surface area contributed by atoms with Crippen molar-refractivity contribution in [2.75, 3.05) is 13.2 Å². The van der Waals surface area contributed by atoms with Gasteiger partial charge in [0.05, 0.1) is 19.6 Å². The largest absolute Gasteiger partial charge is 0.466 e. The number of aliphatic hydroxyl groups excluding tert-OH is 1. The molecule has 0 unspecified atom stereocenters. The van der Waals surface area contributed by atoms with Gasteiger partial charge in [-0.1, -0.05) is 195 Å². The third-order valence-corrected chi connectivity index (χ3v) is 8.99. The van der Waals surface area contributed by atoms with Crippen LogP contribution in [0, 0.1) is 11.8 Å². The molecular weight excluding hydrogens is 560 g/mol. The van der Waals surface area contributed by atoms with E-state index in [9.17, 15) is 14.7 Å².